The fourth-order valence-electron chi connectivity index (χ4n) is 1.47. The molecule has 0 radical (unpaired) electrons. The molecule has 0 aromatic carbocycles. The molecule has 4 nitrogen and oxygen atoms in total. The summed E-state index contributed by atoms with van der Waals surface area (Å²) in [6.45, 7) is 3.73. The highest BCUT2D eigenvalue weighted by atomic mass is 32.2. The predicted molar refractivity (Wildman–Crippen MR) is 65.2 cm³/mol. The number of hydrogen-bond acceptors (Lipinski definition) is 5. The fraction of sp³-hybridized carbons (Fsp3) is 0.700. The van der Waals surface area contributed by atoms with Gasteiger partial charge in [-0.05, 0) is 12.8 Å². The molecular formula is C10H17NO3S2. The number of rotatable bonds is 6. The minimum atomic E-state index is -3.04. The normalized spacial score (nSPS) is 11.9. The zero-order valence-electron chi connectivity index (χ0n) is 9.56. The van der Waals surface area contributed by atoms with Crippen molar-refractivity contribution in [2.45, 2.75) is 39.0 Å². The van der Waals surface area contributed by atoms with Crippen molar-refractivity contribution in [2.75, 3.05) is 5.75 Å². The third-order valence-electron chi connectivity index (χ3n) is 2.16. The zero-order valence-corrected chi connectivity index (χ0v) is 11.2. The minimum Gasteiger partial charge on any atom is -0.391 e. The number of nitrogens with zero attached hydrogens (tertiary/aromatic N) is 1. The molecule has 0 amide bonds. The SMILES string of the molecule is CCCS(=O)(=O)Cc1nc(CC)c(CO)s1. The number of sulfone groups is 1. The van der Waals surface area contributed by atoms with Gasteiger partial charge in [-0.25, -0.2) is 13.4 Å². The molecule has 1 rings (SSSR count). The lowest BCUT2D eigenvalue weighted by Crippen LogP contribution is -2.08. The summed E-state index contributed by atoms with van der Waals surface area (Å²) in [4.78, 5) is 5.03. The molecule has 6 heteroatoms. The first-order valence-corrected chi connectivity index (χ1v) is 7.95. The second-order valence-electron chi connectivity index (χ2n) is 3.58. The van der Waals surface area contributed by atoms with Gasteiger partial charge in [-0.3, -0.25) is 0 Å². The highest BCUT2D eigenvalue weighted by molar-refractivity contribution is 7.90. The van der Waals surface area contributed by atoms with Crippen molar-refractivity contribution in [1.29, 1.82) is 0 Å². The first-order chi connectivity index (χ1) is 7.52. The summed E-state index contributed by atoms with van der Waals surface area (Å²) in [7, 11) is -3.04. The molecule has 0 aliphatic heterocycles. The average molecular weight is 263 g/mol. The smallest absolute Gasteiger partial charge is 0.156 e. The van der Waals surface area contributed by atoms with Crippen LogP contribution in [0, 0.1) is 0 Å². The molecule has 0 saturated carbocycles. The van der Waals surface area contributed by atoms with Crippen molar-refractivity contribution in [1.82, 2.24) is 4.98 Å². The molecule has 1 heterocycles. The molecule has 0 unspecified atom stereocenters. The highest BCUT2D eigenvalue weighted by Crippen LogP contribution is 2.21. The largest absolute Gasteiger partial charge is 0.391 e. The molecule has 92 valence electrons. The molecular weight excluding hydrogens is 246 g/mol. The van der Waals surface area contributed by atoms with Gasteiger partial charge in [0.2, 0.25) is 0 Å². The summed E-state index contributed by atoms with van der Waals surface area (Å²) in [6.07, 6.45) is 1.35. The molecule has 16 heavy (non-hydrogen) atoms. The molecule has 0 aliphatic carbocycles. The second-order valence-corrected chi connectivity index (χ2v) is 6.93. The van der Waals surface area contributed by atoms with Gasteiger partial charge in [0, 0.05) is 0 Å². The van der Waals surface area contributed by atoms with Crippen molar-refractivity contribution in [3.63, 3.8) is 0 Å². The van der Waals surface area contributed by atoms with Crippen LogP contribution in [0.2, 0.25) is 0 Å². The second kappa shape index (κ2) is 5.75. The Morgan fingerprint density at radius 2 is 2.06 bits per heavy atom. The van der Waals surface area contributed by atoms with Crippen LogP contribution in [-0.4, -0.2) is 24.3 Å². The van der Waals surface area contributed by atoms with Gasteiger partial charge >= 0.3 is 0 Å². The van der Waals surface area contributed by atoms with E-state index in [9.17, 15) is 8.42 Å². The molecule has 0 atom stereocenters. The maximum Gasteiger partial charge on any atom is 0.156 e. The molecule has 1 aromatic heterocycles. The number of aliphatic hydroxyl groups excluding tert-OH is 1. The number of aliphatic hydroxyl groups is 1. The molecule has 0 fully saturated rings. The van der Waals surface area contributed by atoms with E-state index in [4.69, 9.17) is 5.11 Å². The maximum atomic E-state index is 11.6. The van der Waals surface area contributed by atoms with Crippen molar-refractivity contribution in [3.8, 4) is 0 Å². The maximum absolute atomic E-state index is 11.6. The molecule has 0 saturated heterocycles. The van der Waals surface area contributed by atoms with E-state index in [1.807, 2.05) is 13.8 Å². The van der Waals surface area contributed by atoms with Gasteiger partial charge in [-0.15, -0.1) is 11.3 Å². The van der Waals surface area contributed by atoms with Crippen LogP contribution in [0.4, 0.5) is 0 Å². The fourth-order valence-corrected chi connectivity index (χ4v) is 4.26. The monoisotopic (exact) mass is 263 g/mol. The zero-order chi connectivity index (χ0) is 12.2. The molecule has 0 aliphatic rings. The van der Waals surface area contributed by atoms with E-state index in [2.05, 4.69) is 4.98 Å². The lowest BCUT2D eigenvalue weighted by molar-refractivity contribution is 0.284. The molecule has 1 aromatic rings. The van der Waals surface area contributed by atoms with Gasteiger partial charge in [0.25, 0.3) is 0 Å². The van der Waals surface area contributed by atoms with E-state index in [0.29, 0.717) is 11.4 Å². The van der Waals surface area contributed by atoms with Crippen LogP contribution in [0.15, 0.2) is 0 Å². The Hall–Kier alpha value is -0.460. The van der Waals surface area contributed by atoms with Gasteiger partial charge in [0.05, 0.1) is 22.9 Å². The van der Waals surface area contributed by atoms with Crippen LogP contribution >= 0.6 is 11.3 Å². The van der Waals surface area contributed by atoms with Gasteiger partial charge in [0.1, 0.15) is 10.8 Å². The van der Waals surface area contributed by atoms with E-state index in [0.717, 1.165) is 17.0 Å². The third kappa shape index (κ3) is 3.54. The van der Waals surface area contributed by atoms with Crippen LogP contribution in [0.25, 0.3) is 0 Å². The van der Waals surface area contributed by atoms with Crippen molar-refractivity contribution < 1.29 is 13.5 Å². The van der Waals surface area contributed by atoms with Crippen LogP contribution < -0.4 is 0 Å². The average Bonchev–Trinajstić information content (AvgIpc) is 2.59. The number of hydrogen-bond donors (Lipinski definition) is 1. The highest BCUT2D eigenvalue weighted by Gasteiger charge is 2.16. The summed E-state index contributed by atoms with van der Waals surface area (Å²) >= 11 is 1.30. The van der Waals surface area contributed by atoms with Crippen molar-refractivity contribution in [3.05, 3.63) is 15.6 Å². The molecule has 1 N–H and O–H groups in total. The van der Waals surface area contributed by atoms with E-state index >= 15 is 0 Å². The Bertz CT molecular complexity index is 415. The summed E-state index contributed by atoms with van der Waals surface area (Å²) in [5, 5.41) is 9.68. The Balaban J connectivity index is 2.86. The molecule has 0 spiro atoms. The van der Waals surface area contributed by atoms with E-state index in [1.165, 1.54) is 11.3 Å². The summed E-state index contributed by atoms with van der Waals surface area (Å²) in [5.41, 5.74) is 0.814. The summed E-state index contributed by atoms with van der Waals surface area (Å²) in [6, 6.07) is 0. The van der Waals surface area contributed by atoms with Gasteiger partial charge in [-0.1, -0.05) is 13.8 Å². The Morgan fingerprint density at radius 3 is 2.50 bits per heavy atom. The predicted octanol–water partition coefficient (Wildman–Crippen LogP) is 1.52. The number of aryl methyl sites for hydroxylation is 1. The minimum absolute atomic E-state index is 0.00148. The van der Waals surface area contributed by atoms with Crippen LogP contribution in [0.1, 0.15) is 35.8 Å². The van der Waals surface area contributed by atoms with Gasteiger partial charge in [-0.2, -0.15) is 0 Å². The first-order valence-electron chi connectivity index (χ1n) is 5.31. The summed E-state index contributed by atoms with van der Waals surface area (Å²) in [5.74, 6) is 0.195. The third-order valence-corrected chi connectivity index (χ3v) is 5.17. The van der Waals surface area contributed by atoms with Crippen LogP contribution in [0.5, 0.6) is 0 Å². The van der Waals surface area contributed by atoms with Gasteiger partial charge < -0.3 is 5.11 Å². The first kappa shape index (κ1) is 13.6. The van der Waals surface area contributed by atoms with Crippen molar-refractivity contribution >= 4 is 21.2 Å². The lowest BCUT2D eigenvalue weighted by Gasteiger charge is -1.98. The number of thiazole rings is 1. The Morgan fingerprint density at radius 1 is 1.38 bits per heavy atom. The molecule has 0 bridgehead atoms. The van der Waals surface area contributed by atoms with E-state index in [1.54, 1.807) is 0 Å². The quantitative estimate of drug-likeness (QED) is 0.845. The lowest BCUT2D eigenvalue weighted by atomic mass is 10.3. The topological polar surface area (TPSA) is 67.3 Å². The Kier molecular flexibility index (Phi) is 4.89. The van der Waals surface area contributed by atoms with Crippen LogP contribution in [0.3, 0.4) is 0 Å². The van der Waals surface area contributed by atoms with Gasteiger partial charge in [0.15, 0.2) is 9.84 Å². The van der Waals surface area contributed by atoms with Crippen LogP contribution in [-0.2, 0) is 28.6 Å². The van der Waals surface area contributed by atoms with E-state index < -0.39 is 9.84 Å². The Labute approximate surface area is 100 Å². The van der Waals surface area contributed by atoms with Crippen molar-refractivity contribution in [2.24, 2.45) is 0 Å². The summed E-state index contributed by atoms with van der Waals surface area (Å²) < 4.78 is 23.2. The number of aromatic nitrogens is 1. The van der Waals surface area contributed by atoms with E-state index in [-0.39, 0.29) is 18.1 Å². The standard InChI is InChI=1S/C10H17NO3S2/c1-3-5-16(13,14)7-10-11-8(4-2)9(6-12)15-10/h12H,3-7H2,1-2H3.